The molecule has 2 heterocycles. The zero-order chi connectivity index (χ0) is 14.0. The first-order valence-electron chi connectivity index (χ1n) is 5.32. The Labute approximate surface area is 121 Å². The molecule has 0 bridgehead atoms. The van der Waals surface area contributed by atoms with Crippen LogP contribution in [0.2, 0.25) is 0 Å². The minimum Gasteiger partial charge on any atom is -0.478 e. The summed E-state index contributed by atoms with van der Waals surface area (Å²) in [6, 6.07) is 3.14. The molecule has 0 aromatic carbocycles. The van der Waals surface area contributed by atoms with Gasteiger partial charge in [-0.2, -0.15) is 0 Å². The zero-order valence-corrected chi connectivity index (χ0v) is 12.3. The Hall–Kier alpha value is -1.60. The van der Waals surface area contributed by atoms with Gasteiger partial charge in [-0.3, -0.25) is 4.79 Å². The molecule has 0 aliphatic heterocycles. The van der Waals surface area contributed by atoms with Crippen molar-refractivity contribution in [3.05, 3.63) is 43.9 Å². The third kappa shape index (κ3) is 3.24. The topological polar surface area (TPSA) is 79.5 Å². The van der Waals surface area contributed by atoms with Crippen molar-refractivity contribution >= 4 is 39.1 Å². The van der Waals surface area contributed by atoms with Gasteiger partial charge in [-0.15, -0.1) is 11.3 Å². The molecule has 2 aromatic heterocycles. The van der Waals surface area contributed by atoms with E-state index < -0.39 is 5.97 Å². The Morgan fingerprint density at radius 3 is 2.74 bits per heavy atom. The van der Waals surface area contributed by atoms with E-state index >= 15 is 0 Å². The number of aryl methyl sites for hydroxylation is 1. The average Bonchev–Trinajstić information content (AvgIpc) is 2.92. The molecule has 7 heteroatoms. The molecule has 19 heavy (non-hydrogen) atoms. The van der Waals surface area contributed by atoms with Gasteiger partial charge in [0.15, 0.2) is 0 Å². The Kier molecular flexibility index (Phi) is 4.06. The van der Waals surface area contributed by atoms with Crippen LogP contribution >= 0.6 is 27.3 Å². The van der Waals surface area contributed by atoms with E-state index in [9.17, 15) is 9.59 Å². The van der Waals surface area contributed by atoms with Crippen molar-refractivity contribution in [1.29, 1.82) is 0 Å². The van der Waals surface area contributed by atoms with Crippen LogP contribution in [-0.4, -0.2) is 17.0 Å². The standard InChI is InChI=1S/C12H10BrNO4S/c1-6-9(12(16)17)3-8(18-6)4-14-11(15)7-2-10(13)19-5-7/h2-3,5H,4H2,1H3,(H,14,15)(H,16,17). The van der Waals surface area contributed by atoms with Gasteiger partial charge in [0, 0.05) is 5.38 Å². The number of rotatable bonds is 4. The molecular formula is C12H10BrNO4S. The van der Waals surface area contributed by atoms with Gasteiger partial charge in [-0.25, -0.2) is 4.79 Å². The van der Waals surface area contributed by atoms with Crippen molar-refractivity contribution < 1.29 is 19.1 Å². The normalized spacial score (nSPS) is 10.4. The molecule has 100 valence electrons. The van der Waals surface area contributed by atoms with Crippen LogP contribution < -0.4 is 5.32 Å². The summed E-state index contributed by atoms with van der Waals surface area (Å²) < 4.78 is 6.14. The summed E-state index contributed by atoms with van der Waals surface area (Å²) in [5.41, 5.74) is 0.668. The van der Waals surface area contributed by atoms with Crippen molar-refractivity contribution in [2.75, 3.05) is 0 Å². The zero-order valence-electron chi connectivity index (χ0n) is 9.90. The molecule has 0 aliphatic rings. The predicted octanol–water partition coefficient (Wildman–Crippen LogP) is 3.04. The smallest absolute Gasteiger partial charge is 0.339 e. The van der Waals surface area contributed by atoms with Gasteiger partial charge in [0.2, 0.25) is 0 Å². The van der Waals surface area contributed by atoms with E-state index in [1.165, 1.54) is 17.4 Å². The number of aromatic carboxylic acids is 1. The number of carbonyl (C=O) groups excluding carboxylic acids is 1. The molecule has 0 fully saturated rings. The molecule has 1 amide bonds. The molecule has 0 spiro atoms. The number of carboxylic acids is 1. The summed E-state index contributed by atoms with van der Waals surface area (Å²) in [5.74, 6) is -0.527. The highest BCUT2D eigenvalue weighted by Crippen LogP contribution is 2.20. The Balaban J connectivity index is 2.01. The second kappa shape index (κ2) is 5.58. The number of amides is 1. The first-order chi connectivity index (χ1) is 8.97. The first kappa shape index (κ1) is 13.8. The molecule has 0 unspecified atom stereocenters. The largest absolute Gasteiger partial charge is 0.478 e. The van der Waals surface area contributed by atoms with Crippen LogP contribution in [0.25, 0.3) is 0 Å². The van der Waals surface area contributed by atoms with Crippen LogP contribution in [0.5, 0.6) is 0 Å². The maximum atomic E-state index is 11.8. The predicted molar refractivity (Wildman–Crippen MR) is 73.6 cm³/mol. The van der Waals surface area contributed by atoms with Crippen LogP contribution in [0, 0.1) is 6.92 Å². The van der Waals surface area contributed by atoms with Crippen molar-refractivity contribution in [3.8, 4) is 0 Å². The van der Waals surface area contributed by atoms with Crippen molar-refractivity contribution in [2.45, 2.75) is 13.5 Å². The number of carboxylic acid groups (broad SMARTS) is 1. The van der Waals surface area contributed by atoms with E-state index in [1.807, 2.05) is 0 Å². The maximum Gasteiger partial charge on any atom is 0.339 e. The summed E-state index contributed by atoms with van der Waals surface area (Å²) in [5, 5.41) is 13.3. The Bertz CT molecular complexity index is 631. The highest BCUT2D eigenvalue weighted by Gasteiger charge is 2.14. The van der Waals surface area contributed by atoms with Crippen LogP contribution in [0.4, 0.5) is 0 Å². The van der Waals surface area contributed by atoms with Gasteiger partial charge in [0.1, 0.15) is 17.1 Å². The fourth-order valence-electron chi connectivity index (χ4n) is 1.54. The molecule has 2 rings (SSSR count). The van der Waals surface area contributed by atoms with Gasteiger partial charge < -0.3 is 14.8 Å². The third-order valence-electron chi connectivity index (χ3n) is 2.45. The summed E-state index contributed by atoms with van der Waals surface area (Å²) in [6.45, 7) is 1.73. The van der Waals surface area contributed by atoms with Crippen LogP contribution in [0.15, 0.2) is 25.7 Å². The highest BCUT2D eigenvalue weighted by molar-refractivity contribution is 9.11. The maximum absolute atomic E-state index is 11.8. The van der Waals surface area contributed by atoms with Gasteiger partial charge in [-0.05, 0) is 35.0 Å². The number of halogens is 1. The molecule has 2 N–H and O–H groups in total. The van der Waals surface area contributed by atoms with E-state index in [0.29, 0.717) is 17.1 Å². The van der Waals surface area contributed by atoms with Crippen LogP contribution in [0.1, 0.15) is 32.2 Å². The summed E-state index contributed by atoms with van der Waals surface area (Å²) >= 11 is 4.70. The third-order valence-corrected chi connectivity index (χ3v) is 3.96. The summed E-state index contributed by atoms with van der Waals surface area (Å²) in [4.78, 5) is 22.6. The van der Waals surface area contributed by atoms with Crippen molar-refractivity contribution in [1.82, 2.24) is 5.32 Å². The van der Waals surface area contributed by atoms with E-state index in [-0.39, 0.29) is 18.0 Å². The second-order valence-corrected chi connectivity index (χ2v) is 6.10. The van der Waals surface area contributed by atoms with Gasteiger partial charge >= 0.3 is 5.97 Å². The molecule has 0 saturated heterocycles. The van der Waals surface area contributed by atoms with E-state index in [0.717, 1.165) is 3.79 Å². The van der Waals surface area contributed by atoms with Crippen molar-refractivity contribution in [2.24, 2.45) is 0 Å². The van der Waals surface area contributed by atoms with E-state index in [4.69, 9.17) is 9.52 Å². The van der Waals surface area contributed by atoms with Gasteiger partial charge in [0.05, 0.1) is 15.9 Å². The molecule has 0 radical (unpaired) electrons. The van der Waals surface area contributed by atoms with Gasteiger partial charge in [-0.1, -0.05) is 0 Å². The number of furan rings is 1. The molecule has 0 atom stereocenters. The van der Waals surface area contributed by atoms with E-state index in [2.05, 4.69) is 21.2 Å². The Morgan fingerprint density at radius 1 is 1.47 bits per heavy atom. The molecule has 2 aromatic rings. The lowest BCUT2D eigenvalue weighted by Gasteiger charge is -2.00. The quantitative estimate of drug-likeness (QED) is 0.894. The monoisotopic (exact) mass is 343 g/mol. The van der Waals surface area contributed by atoms with Crippen LogP contribution in [-0.2, 0) is 6.54 Å². The highest BCUT2D eigenvalue weighted by atomic mass is 79.9. The molecule has 0 aliphatic carbocycles. The molecule has 5 nitrogen and oxygen atoms in total. The Morgan fingerprint density at radius 2 is 2.21 bits per heavy atom. The lowest BCUT2D eigenvalue weighted by atomic mass is 10.2. The summed E-state index contributed by atoms with van der Waals surface area (Å²) in [6.07, 6.45) is 0. The first-order valence-corrected chi connectivity index (χ1v) is 6.99. The number of hydrogen-bond acceptors (Lipinski definition) is 4. The number of hydrogen-bond donors (Lipinski definition) is 2. The fourth-order valence-corrected chi connectivity index (χ4v) is 2.68. The molecule has 0 saturated carbocycles. The lowest BCUT2D eigenvalue weighted by Crippen LogP contribution is -2.21. The number of nitrogens with one attached hydrogen (secondary N) is 1. The van der Waals surface area contributed by atoms with Gasteiger partial charge in [0.25, 0.3) is 5.91 Å². The SMILES string of the molecule is Cc1oc(CNC(=O)c2csc(Br)c2)cc1C(=O)O. The lowest BCUT2D eigenvalue weighted by molar-refractivity contribution is 0.0694. The molecular weight excluding hydrogens is 334 g/mol. The van der Waals surface area contributed by atoms with E-state index in [1.54, 1.807) is 18.4 Å². The summed E-state index contributed by atoms with van der Waals surface area (Å²) in [7, 11) is 0. The van der Waals surface area contributed by atoms with Crippen LogP contribution in [0.3, 0.4) is 0 Å². The number of carbonyl (C=O) groups is 2. The fraction of sp³-hybridized carbons (Fsp3) is 0.167. The minimum atomic E-state index is -1.04. The average molecular weight is 344 g/mol. The number of thiophene rings is 1. The minimum absolute atomic E-state index is 0.113. The second-order valence-electron chi connectivity index (χ2n) is 3.81. The van der Waals surface area contributed by atoms with Crippen molar-refractivity contribution in [3.63, 3.8) is 0 Å².